The number of nitrogens with zero attached hydrogens (tertiary/aromatic N) is 1. The van der Waals surface area contributed by atoms with E-state index in [1.807, 2.05) is 30.3 Å². The highest BCUT2D eigenvalue weighted by atomic mass is 35.5. The van der Waals surface area contributed by atoms with Crippen LogP contribution in [0.1, 0.15) is 26.4 Å². The Hall–Kier alpha value is -4.30. The maximum Gasteiger partial charge on any atom is 0.345 e. The molecule has 4 aromatic carbocycles. The number of ether oxygens (including phenoxy) is 2. The maximum atomic E-state index is 13.2. The summed E-state index contributed by atoms with van der Waals surface area (Å²) in [4.78, 5) is 28.9. The number of hydrogen-bond acceptors (Lipinski definition) is 5. The predicted octanol–water partition coefficient (Wildman–Crippen LogP) is 7.79. The Morgan fingerprint density at radius 1 is 0.875 bits per heavy atom. The molecule has 0 aliphatic heterocycles. The second-order valence-corrected chi connectivity index (χ2v) is 9.78. The summed E-state index contributed by atoms with van der Waals surface area (Å²) in [6.45, 7) is 0. The molecule has 0 aliphatic rings. The zero-order valence-corrected chi connectivity index (χ0v) is 23.1. The van der Waals surface area contributed by atoms with E-state index in [1.165, 1.54) is 13.3 Å². The normalized spacial score (nSPS) is 11.1. The molecule has 200 valence electrons. The molecule has 7 nitrogen and oxygen atoms in total. The van der Waals surface area contributed by atoms with Gasteiger partial charge < -0.3 is 14.5 Å². The van der Waals surface area contributed by atoms with Crippen LogP contribution in [0.2, 0.25) is 15.1 Å². The van der Waals surface area contributed by atoms with Gasteiger partial charge in [0.15, 0.2) is 11.5 Å². The third-order valence-electron chi connectivity index (χ3n) is 5.98. The van der Waals surface area contributed by atoms with Crippen LogP contribution in [0.4, 0.5) is 0 Å². The first-order chi connectivity index (χ1) is 19.4. The molecule has 1 aromatic heterocycles. The molecular weight excluding hydrogens is 573 g/mol. The quantitative estimate of drug-likeness (QED) is 0.0873. The summed E-state index contributed by atoms with van der Waals surface area (Å²) in [5.74, 6) is -0.596. The van der Waals surface area contributed by atoms with Gasteiger partial charge in [-0.1, -0.05) is 77.3 Å². The number of hydrazone groups is 1. The van der Waals surface area contributed by atoms with Crippen molar-refractivity contribution in [2.24, 2.45) is 5.10 Å². The lowest BCUT2D eigenvalue weighted by atomic mass is 10.0. The average Bonchev–Trinajstić information content (AvgIpc) is 3.34. The fourth-order valence-electron chi connectivity index (χ4n) is 4.15. The van der Waals surface area contributed by atoms with Crippen molar-refractivity contribution < 1.29 is 19.1 Å². The molecule has 0 fully saturated rings. The molecular formula is C30H20Cl3N3O4. The van der Waals surface area contributed by atoms with Crippen LogP contribution in [0.5, 0.6) is 11.5 Å². The molecule has 0 radical (unpaired) electrons. The monoisotopic (exact) mass is 591 g/mol. The summed E-state index contributed by atoms with van der Waals surface area (Å²) >= 11 is 18.8. The molecule has 5 rings (SSSR count). The molecule has 1 amide bonds. The topological polar surface area (TPSA) is 92.8 Å². The third kappa shape index (κ3) is 5.67. The highest BCUT2D eigenvalue weighted by Crippen LogP contribution is 2.37. The number of aromatic nitrogens is 1. The largest absolute Gasteiger partial charge is 0.493 e. The van der Waals surface area contributed by atoms with Crippen molar-refractivity contribution in [1.82, 2.24) is 10.4 Å². The van der Waals surface area contributed by atoms with Gasteiger partial charge in [-0.25, -0.2) is 10.2 Å². The summed E-state index contributed by atoms with van der Waals surface area (Å²) < 4.78 is 10.9. The molecule has 40 heavy (non-hydrogen) atoms. The number of methoxy groups -OCH3 is 1. The van der Waals surface area contributed by atoms with E-state index in [-0.39, 0.29) is 22.0 Å². The minimum absolute atomic E-state index is 0.203. The van der Waals surface area contributed by atoms with Gasteiger partial charge in [-0.3, -0.25) is 4.79 Å². The number of halogens is 3. The number of nitrogens with one attached hydrogen (secondary N) is 2. The van der Waals surface area contributed by atoms with Crippen molar-refractivity contribution in [1.29, 1.82) is 0 Å². The van der Waals surface area contributed by atoms with Gasteiger partial charge in [0, 0.05) is 16.0 Å². The second-order valence-electron chi connectivity index (χ2n) is 8.53. The molecule has 0 aliphatic carbocycles. The van der Waals surface area contributed by atoms with Crippen LogP contribution >= 0.6 is 34.8 Å². The van der Waals surface area contributed by atoms with Gasteiger partial charge in [0.25, 0.3) is 5.91 Å². The number of hydrogen-bond donors (Lipinski definition) is 2. The first-order valence-electron chi connectivity index (χ1n) is 11.9. The van der Waals surface area contributed by atoms with Crippen LogP contribution < -0.4 is 14.9 Å². The van der Waals surface area contributed by atoms with E-state index < -0.39 is 11.9 Å². The van der Waals surface area contributed by atoms with E-state index in [0.717, 1.165) is 5.56 Å². The smallest absolute Gasteiger partial charge is 0.345 e. The number of fused-ring (bicyclic) bond motifs is 1. The van der Waals surface area contributed by atoms with Crippen LogP contribution in [0.25, 0.3) is 22.0 Å². The van der Waals surface area contributed by atoms with Gasteiger partial charge in [-0.05, 0) is 53.6 Å². The van der Waals surface area contributed by atoms with E-state index in [9.17, 15) is 9.59 Å². The molecule has 0 unspecified atom stereocenters. The average molecular weight is 593 g/mol. The molecule has 0 bridgehead atoms. The Morgan fingerprint density at radius 2 is 1.62 bits per heavy atom. The summed E-state index contributed by atoms with van der Waals surface area (Å²) in [7, 11) is 1.45. The fraction of sp³-hybridized carbons (Fsp3) is 0.0333. The Bertz CT molecular complexity index is 1770. The van der Waals surface area contributed by atoms with Crippen molar-refractivity contribution >= 4 is 63.8 Å². The van der Waals surface area contributed by atoms with Crippen molar-refractivity contribution in [3.8, 4) is 22.6 Å². The van der Waals surface area contributed by atoms with Gasteiger partial charge >= 0.3 is 5.97 Å². The van der Waals surface area contributed by atoms with Gasteiger partial charge in [-0.15, -0.1) is 0 Å². The lowest BCUT2D eigenvalue weighted by molar-refractivity contribution is 0.0729. The third-order valence-corrected chi connectivity index (χ3v) is 6.82. The highest BCUT2D eigenvalue weighted by molar-refractivity contribution is 6.39. The molecule has 0 saturated heterocycles. The van der Waals surface area contributed by atoms with Crippen molar-refractivity contribution in [3.63, 3.8) is 0 Å². The Kier molecular flexibility index (Phi) is 8.07. The summed E-state index contributed by atoms with van der Waals surface area (Å²) in [6.07, 6.45) is 1.44. The van der Waals surface area contributed by atoms with Crippen LogP contribution in [0, 0.1) is 0 Å². The molecule has 5 aromatic rings. The van der Waals surface area contributed by atoms with Gasteiger partial charge in [0.1, 0.15) is 5.69 Å². The van der Waals surface area contributed by atoms with Crippen LogP contribution in [0.15, 0.2) is 90.0 Å². The number of carbonyl (C=O) groups is 2. The van der Waals surface area contributed by atoms with Crippen molar-refractivity contribution in [2.75, 3.05) is 7.11 Å². The number of H-pyrrole nitrogens is 1. The van der Waals surface area contributed by atoms with Crippen molar-refractivity contribution in [2.45, 2.75) is 0 Å². The fourth-order valence-corrected chi connectivity index (χ4v) is 4.90. The minimum atomic E-state index is -0.619. The summed E-state index contributed by atoms with van der Waals surface area (Å²) in [5.41, 5.74) is 5.70. The minimum Gasteiger partial charge on any atom is -0.493 e. The second kappa shape index (κ2) is 11.8. The molecule has 1 heterocycles. The number of rotatable bonds is 7. The number of benzene rings is 4. The van der Waals surface area contributed by atoms with E-state index in [2.05, 4.69) is 15.5 Å². The van der Waals surface area contributed by atoms with Gasteiger partial charge in [0.2, 0.25) is 0 Å². The first kappa shape index (κ1) is 27.3. The van der Waals surface area contributed by atoms with Gasteiger partial charge in [-0.2, -0.15) is 5.10 Å². The lowest BCUT2D eigenvalue weighted by Crippen LogP contribution is -2.18. The molecule has 0 saturated carbocycles. The summed E-state index contributed by atoms with van der Waals surface area (Å²) in [5, 5.41) is 5.94. The Balaban J connectivity index is 1.37. The van der Waals surface area contributed by atoms with Crippen LogP contribution in [-0.4, -0.2) is 30.2 Å². The van der Waals surface area contributed by atoms with E-state index in [4.69, 9.17) is 44.3 Å². The maximum absolute atomic E-state index is 13.2. The van der Waals surface area contributed by atoms with E-state index in [1.54, 1.807) is 54.6 Å². The Labute approximate surface area is 244 Å². The van der Waals surface area contributed by atoms with Gasteiger partial charge in [0.05, 0.1) is 34.4 Å². The SMILES string of the molecule is COc1cc(C=NNC(=O)c2[nH]c3c(Cl)cc(Cl)cc3c2-c2ccccc2)ccc1OC(=O)c1ccccc1Cl. The number of amides is 1. The van der Waals surface area contributed by atoms with E-state index in [0.29, 0.717) is 37.8 Å². The van der Waals surface area contributed by atoms with E-state index >= 15 is 0 Å². The van der Waals surface area contributed by atoms with Crippen molar-refractivity contribution in [3.05, 3.63) is 117 Å². The standard InChI is InChI=1S/C30H20Cl3N3O4/c1-39-25-13-17(11-12-24(25)40-30(38)20-9-5-6-10-22(20)32)16-34-36-29(37)28-26(18-7-3-2-4-8-18)21-14-19(31)15-23(33)27(21)35-28/h2-16,35H,1H3,(H,36,37). The molecule has 0 spiro atoms. The number of esters is 1. The van der Waals surface area contributed by atoms with Crippen LogP contribution in [-0.2, 0) is 0 Å². The highest BCUT2D eigenvalue weighted by Gasteiger charge is 2.21. The van der Waals surface area contributed by atoms with Crippen LogP contribution in [0.3, 0.4) is 0 Å². The Morgan fingerprint density at radius 3 is 2.38 bits per heavy atom. The first-order valence-corrected chi connectivity index (χ1v) is 13.0. The molecule has 0 atom stereocenters. The number of carbonyl (C=O) groups excluding carboxylic acids is 2. The predicted molar refractivity (Wildman–Crippen MR) is 158 cm³/mol. The zero-order valence-electron chi connectivity index (χ0n) is 20.9. The number of aromatic amines is 1. The molecule has 2 N–H and O–H groups in total. The zero-order chi connectivity index (χ0) is 28.2. The lowest BCUT2D eigenvalue weighted by Gasteiger charge is -2.10. The summed E-state index contributed by atoms with van der Waals surface area (Å²) in [6, 6.07) is 24.2. The molecule has 10 heteroatoms.